The first-order chi connectivity index (χ1) is 18.9. The summed E-state index contributed by atoms with van der Waals surface area (Å²) < 4.78 is 5.88. The van der Waals surface area contributed by atoms with Gasteiger partial charge >= 0.3 is 6.09 Å². The second-order valence-corrected chi connectivity index (χ2v) is 10.1. The van der Waals surface area contributed by atoms with Crippen molar-refractivity contribution in [2.24, 2.45) is 0 Å². The van der Waals surface area contributed by atoms with Crippen molar-refractivity contribution in [1.82, 2.24) is 14.7 Å². The SMILES string of the molecule is CCN1CCN(C(=O)C2C(c3cccc(NC(=O)c4ccccc4)c3)OC(=O)N2Cc2ccc(C)cc2)CC1. The Morgan fingerprint density at radius 3 is 2.33 bits per heavy atom. The molecular weight excluding hydrogens is 492 g/mol. The van der Waals surface area contributed by atoms with Gasteiger partial charge in [0.05, 0.1) is 6.54 Å². The number of amides is 3. The van der Waals surface area contributed by atoms with Crippen LogP contribution in [0, 0.1) is 6.92 Å². The summed E-state index contributed by atoms with van der Waals surface area (Å²) in [6.07, 6.45) is -1.32. The quantitative estimate of drug-likeness (QED) is 0.491. The number of hydrogen-bond acceptors (Lipinski definition) is 5. The van der Waals surface area contributed by atoms with Crippen molar-refractivity contribution in [2.45, 2.75) is 32.5 Å². The first kappa shape index (κ1) is 26.4. The lowest BCUT2D eigenvalue weighted by Crippen LogP contribution is -2.54. The summed E-state index contributed by atoms with van der Waals surface area (Å²) in [5.41, 5.74) is 3.81. The molecule has 0 radical (unpaired) electrons. The number of ether oxygens (including phenoxy) is 1. The molecule has 2 fully saturated rings. The van der Waals surface area contributed by atoms with Crippen molar-refractivity contribution in [3.8, 4) is 0 Å². The Labute approximate surface area is 229 Å². The number of rotatable bonds is 7. The summed E-state index contributed by atoms with van der Waals surface area (Å²) in [5.74, 6) is -0.356. The summed E-state index contributed by atoms with van der Waals surface area (Å²) in [6, 6.07) is 23.3. The highest BCUT2D eigenvalue weighted by molar-refractivity contribution is 6.04. The molecule has 202 valence electrons. The number of piperazine rings is 1. The maximum Gasteiger partial charge on any atom is 0.411 e. The molecule has 2 unspecified atom stereocenters. The predicted octanol–water partition coefficient (Wildman–Crippen LogP) is 4.47. The minimum atomic E-state index is -0.813. The molecule has 0 bridgehead atoms. The molecule has 2 heterocycles. The third-order valence-electron chi connectivity index (χ3n) is 7.45. The molecule has 0 spiro atoms. The number of nitrogens with zero attached hydrogens (tertiary/aromatic N) is 3. The molecule has 2 aliphatic rings. The van der Waals surface area contributed by atoms with E-state index >= 15 is 0 Å². The van der Waals surface area contributed by atoms with E-state index < -0.39 is 18.2 Å². The van der Waals surface area contributed by atoms with E-state index in [1.807, 2.05) is 60.4 Å². The van der Waals surface area contributed by atoms with Crippen LogP contribution in [0.25, 0.3) is 0 Å². The molecular formula is C31H34N4O4. The zero-order chi connectivity index (χ0) is 27.4. The summed E-state index contributed by atoms with van der Waals surface area (Å²) >= 11 is 0. The van der Waals surface area contributed by atoms with Gasteiger partial charge in [-0.1, -0.05) is 67.1 Å². The number of carbonyl (C=O) groups is 3. The van der Waals surface area contributed by atoms with Crippen molar-refractivity contribution < 1.29 is 19.1 Å². The van der Waals surface area contributed by atoms with Crippen LogP contribution in [0.2, 0.25) is 0 Å². The maximum atomic E-state index is 14.0. The molecule has 39 heavy (non-hydrogen) atoms. The predicted molar refractivity (Wildman–Crippen MR) is 149 cm³/mol. The fourth-order valence-electron chi connectivity index (χ4n) is 5.14. The molecule has 0 aromatic heterocycles. The number of aryl methyl sites for hydroxylation is 1. The summed E-state index contributed by atoms with van der Waals surface area (Å²) in [5, 5.41) is 2.91. The van der Waals surface area contributed by atoms with Crippen LogP contribution in [-0.4, -0.2) is 71.4 Å². The number of hydrogen-bond donors (Lipinski definition) is 1. The van der Waals surface area contributed by atoms with Gasteiger partial charge in [0.15, 0.2) is 12.1 Å². The highest BCUT2D eigenvalue weighted by Crippen LogP contribution is 2.36. The number of benzene rings is 3. The van der Waals surface area contributed by atoms with Gasteiger partial charge in [-0.3, -0.25) is 14.5 Å². The fourth-order valence-corrected chi connectivity index (χ4v) is 5.14. The third-order valence-corrected chi connectivity index (χ3v) is 7.45. The standard InChI is InChI=1S/C31H34N4O4/c1-3-33-16-18-34(19-17-33)30(37)27-28(39-31(38)35(27)21-23-14-12-22(2)13-15-23)25-10-7-11-26(20-25)32-29(36)24-8-5-4-6-9-24/h4-15,20,27-28H,3,16-19,21H2,1-2H3,(H,32,36). The van der Waals surface area contributed by atoms with Gasteiger partial charge in [-0.25, -0.2) is 4.79 Å². The summed E-state index contributed by atoms with van der Waals surface area (Å²) in [6.45, 7) is 8.15. The Morgan fingerprint density at radius 1 is 0.923 bits per heavy atom. The van der Waals surface area contributed by atoms with Crippen LogP contribution < -0.4 is 5.32 Å². The lowest BCUT2D eigenvalue weighted by molar-refractivity contribution is -0.138. The average Bonchev–Trinajstić information content (AvgIpc) is 3.30. The molecule has 2 aliphatic heterocycles. The van der Waals surface area contributed by atoms with E-state index in [1.165, 1.54) is 0 Å². The Balaban J connectivity index is 1.42. The van der Waals surface area contributed by atoms with Crippen LogP contribution in [0.5, 0.6) is 0 Å². The molecule has 5 rings (SSSR count). The number of likely N-dealkylation sites (N-methyl/N-ethyl adjacent to an activating group) is 1. The zero-order valence-electron chi connectivity index (χ0n) is 22.4. The minimum Gasteiger partial charge on any atom is -0.438 e. The van der Waals surface area contributed by atoms with Gasteiger partial charge in [0.1, 0.15) is 0 Å². The van der Waals surface area contributed by atoms with E-state index in [0.717, 1.165) is 30.8 Å². The molecule has 3 aromatic carbocycles. The van der Waals surface area contributed by atoms with Gasteiger partial charge in [-0.2, -0.15) is 0 Å². The Morgan fingerprint density at radius 2 is 1.64 bits per heavy atom. The molecule has 0 aliphatic carbocycles. The largest absolute Gasteiger partial charge is 0.438 e. The molecule has 8 nitrogen and oxygen atoms in total. The average molecular weight is 527 g/mol. The fraction of sp³-hybridized carbons (Fsp3) is 0.323. The lowest BCUT2D eigenvalue weighted by atomic mass is 9.99. The Kier molecular flexibility index (Phi) is 7.93. The topological polar surface area (TPSA) is 82.2 Å². The van der Waals surface area contributed by atoms with Crippen molar-refractivity contribution in [3.63, 3.8) is 0 Å². The van der Waals surface area contributed by atoms with Gasteiger partial charge in [0.25, 0.3) is 5.91 Å². The maximum absolute atomic E-state index is 14.0. The first-order valence-electron chi connectivity index (χ1n) is 13.4. The van der Waals surface area contributed by atoms with Crippen molar-refractivity contribution in [2.75, 3.05) is 38.0 Å². The summed E-state index contributed by atoms with van der Waals surface area (Å²) in [4.78, 5) is 45.6. The molecule has 8 heteroatoms. The van der Waals surface area contributed by atoms with Crippen molar-refractivity contribution in [1.29, 1.82) is 0 Å². The van der Waals surface area contributed by atoms with E-state index in [0.29, 0.717) is 29.9 Å². The van der Waals surface area contributed by atoms with Crippen LogP contribution in [0.4, 0.5) is 10.5 Å². The van der Waals surface area contributed by atoms with Crippen LogP contribution in [0.3, 0.4) is 0 Å². The Hall–Kier alpha value is -4.17. The lowest BCUT2D eigenvalue weighted by Gasteiger charge is -2.37. The molecule has 1 N–H and O–H groups in total. The Bertz CT molecular complexity index is 1320. The van der Waals surface area contributed by atoms with E-state index in [-0.39, 0.29) is 18.4 Å². The molecule has 2 atom stereocenters. The number of cyclic esters (lactones) is 1. The normalized spacial score (nSPS) is 19.6. The number of nitrogens with one attached hydrogen (secondary N) is 1. The molecule has 3 aromatic rings. The van der Waals surface area contributed by atoms with Crippen LogP contribution >= 0.6 is 0 Å². The van der Waals surface area contributed by atoms with Crippen molar-refractivity contribution >= 4 is 23.6 Å². The zero-order valence-corrected chi connectivity index (χ0v) is 22.4. The monoisotopic (exact) mass is 526 g/mol. The molecule has 0 saturated carbocycles. The van der Waals surface area contributed by atoms with Crippen LogP contribution in [0.1, 0.15) is 40.1 Å². The highest BCUT2D eigenvalue weighted by Gasteiger charge is 2.48. The van der Waals surface area contributed by atoms with Gasteiger partial charge in [0, 0.05) is 37.4 Å². The first-order valence-corrected chi connectivity index (χ1v) is 13.4. The second-order valence-electron chi connectivity index (χ2n) is 10.1. The number of anilines is 1. The van der Waals surface area contributed by atoms with Crippen molar-refractivity contribution in [3.05, 3.63) is 101 Å². The van der Waals surface area contributed by atoms with Gasteiger partial charge < -0.3 is 19.9 Å². The van der Waals surface area contributed by atoms with Gasteiger partial charge in [0.2, 0.25) is 5.91 Å². The second kappa shape index (κ2) is 11.7. The van der Waals surface area contributed by atoms with Crippen LogP contribution in [0.15, 0.2) is 78.9 Å². The third kappa shape index (κ3) is 5.96. The minimum absolute atomic E-state index is 0.118. The number of carbonyl (C=O) groups excluding carboxylic acids is 3. The van der Waals surface area contributed by atoms with E-state index in [4.69, 9.17) is 4.74 Å². The van der Waals surface area contributed by atoms with E-state index in [1.54, 1.807) is 35.2 Å². The smallest absolute Gasteiger partial charge is 0.411 e. The van der Waals surface area contributed by atoms with Gasteiger partial charge in [-0.15, -0.1) is 0 Å². The van der Waals surface area contributed by atoms with Gasteiger partial charge in [-0.05, 0) is 48.9 Å². The van der Waals surface area contributed by atoms with E-state index in [2.05, 4.69) is 17.1 Å². The highest BCUT2D eigenvalue weighted by atomic mass is 16.6. The summed E-state index contributed by atoms with van der Waals surface area (Å²) in [7, 11) is 0. The molecule has 3 amide bonds. The van der Waals surface area contributed by atoms with Crippen LogP contribution in [-0.2, 0) is 16.1 Å². The van der Waals surface area contributed by atoms with E-state index in [9.17, 15) is 14.4 Å². The molecule has 2 saturated heterocycles.